The summed E-state index contributed by atoms with van der Waals surface area (Å²) >= 11 is 5.82. The summed E-state index contributed by atoms with van der Waals surface area (Å²) in [6, 6.07) is 5.96. The lowest BCUT2D eigenvalue weighted by molar-refractivity contribution is -0.123. The van der Waals surface area contributed by atoms with Crippen molar-refractivity contribution in [1.29, 1.82) is 0 Å². The highest BCUT2D eigenvalue weighted by molar-refractivity contribution is 9.10. The van der Waals surface area contributed by atoms with Gasteiger partial charge in [-0.3, -0.25) is 4.79 Å². The molecule has 2 aromatic heterocycles. The van der Waals surface area contributed by atoms with Crippen molar-refractivity contribution in [2.45, 2.75) is 13.0 Å². The van der Waals surface area contributed by atoms with Crippen molar-refractivity contribution in [3.05, 3.63) is 39.4 Å². The number of anilines is 2. The Balaban J connectivity index is 1.65. The Hall–Kier alpha value is -2.04. The summed E-state index contributed by atoms with van der Waals surface area (Å²) in [6.07, 6.45) is -1.08. The lowest BCUT2D eigenvalue weighted by Gasteiger charge is -2.13. The van der Waals surface area contributed by atoms with E-state index in [-0.39, 0.29) is 5.69 Å². The number of esters is 1. The molecule has 0 aliphatic rings. The molecule has 0 aliphatic carbocycles. The maximum Gasteiger partial charge on any atom is 0.349 e. The summed E-state index contributed by atoms with van der Waals surface area (Å²) in [5.74, 6) is -1.82. The van der Waals surface area contributed by atoms with E-state index in [4.69, 9.17) is 4.74 Å². The largest absolute Gasteiger partial charge is 0.448 e. The Kier molecular flexibility index (Phi) is 5.78. The first-order valence-corrected chi connectivity index (χ1v) is 10.2. The number of ether oxygens (including phenoxy) is 1. The molecule has 0 bridgehead atoms. The minimum Gasteiger partial charge on any atom is -0.448 e. The van der Waals surface area contributed by atoms with E-state index in [1.807, 2.05) is 19.0 Å². The Morgan fingerprint density at radius 3 is 2.67 bits per heavy atom. The summed E-state index contributed by atoms with van der Waals surface area (Å²) < 4.78 is 20.5. The molecule has 3 rings (SSSR count). The summed E-state index contributed by atoms with van der Waals surface area (Å²) in [4.78, 5) is 31.9. The van der Waals surface area contributed by atoms with E-state index in [0.29, 0.717) is 9.35 Å². The van der Waals surface area contributed by atoms with Crippen LogP contribution in [0.2, 0.25) is 0 Å². The molecule has 1 atom stereocenters. The number of aromatic nitrogens is 1. The second-order valence-corrected chi connectivity index (χ2v) is 8.79. The number of carbonyl (C=O) groups excluding carboxylic acids is 2. The highest BCUT2D eigenvalue weighted by Crippen LogP contribution is 2.34. The Bertz CT molecular complexity index is 987. The minimum absolute atomic E-state index is 0.0168. The number of carbonyl (C=O) groups is 2. The van der Waals surface area contributed by atoms with Crippen LogP contribution in [0, 0.1) is 5.82 Å². The van der Waals surface area contributed by atoms with Gasteiger partial charge in [0.25, 0.3) is 5.91 Å². The monoisotopic (exact) mass is 471 g/mol. The van der Waals surface area contributed by atoms with Crippen molar-refractivity contribution in [1.82, 2.24) is 4.98 Å². The van der Waals surface area contributed by atoms with Crippen LogP contribution < -0.4 is 10.2 Å². The number of fused-ring (bicyclic) bond motifs is 1. The predicted octanol–water partition coefficient (Wildman–Crippen LogP) is 4.51. The SMILES string of the molecule is CC(OC(=O)c1cc2sc(N(C)C)nc2s1)C(=O)Nc1ccc(Br)cc1F. The zero-order valence-electron chi connectivity index (χ0n) is 14.6. The van der Waals surface area contributed by atoms with E-state index in [1.54, 1.807) is 12.1 Å². The first-order valence-electron chi connectivity index (χ1n) is 7.79. The average molecular weight is 472 g/mol. The van der Waals surface area contributed by atoms with Crippen molar-refractivity contribution < 1.29 is 18.7 Å². The molecule has 1 unspecified atom stereocenters. The lowest BCUT2D eigenvalue weighted by atomic mass is 10.3. The number of thiophene rings is 1. The van der Waals surface area contributed by atoms with Crippen molar-refractivity contribution in [3.63, 3.8) is 0 Å². The second kappa shape index (κ2) is 7.91. The van der Waals surface area contributed by atoms with E-state index in [1.165, 1.54) is 41.7 Å². The van der Waals surface area contributed by atoms with Gasteiger partial charge in [-0.05, 0) is 31.2 Å². The molecule has 6 nitrogen and oxygen atoms in total. The van der Waals surface area contributed by atoms with Crippen LogP contribution in [0.1, 0.15) is 16.6 Å². The molecule has 27 heavy (non-hydrogen) atoms. The zero-order valence-corrected chi connectivity index (χ0v) is 17.8. The molecule has 1 aromatic carbocycles. The summed E-state index contributed by atoms with van der Waals surface area (Å²) in [7, 11) is 3.79. The summed E-state index contributed by atoms with van der Waals surface area (Å²) in [6.45, 7) is 1.43. The lowest BCUT2D eigenvalue weighted by Crippen LogP contribution is -2.30. The number of hydrogen-bond donors (Lipinski definition) is 1. The van der Waals surface area contributed by atoms with Crippen LogP contribution in [-0.4, -0.2) is 37.1 Å². The van der Waals surface area contributed by atoms with Gasteiger partial charge >= 0.3 is 5.97 Å². The number of rotatable bonds is 5. The third-order valence-corrected chi connectivity index (χ3v) is 6.31. The molecular formula is C17H15BrFN3O3S2. The molecule has 0 saturated heterocycles. The standard InChI is InChI=1S/C17H15BrFN3O3S2/c1-8(14(23)20-11-5-4-9(18)6-10(11)19)25-16(24)13-7-12-15(26-13)21-17(27-12)22(2)3/h4-8H,1-3H3,(H,20,23). The Morgan fingerprint density at radius 2 is 2.04 bits per heavy atom. The van der Waals surface area contributed by atoms with Crippen molar-refractivity contribution in [2.24, 2.45) is 0 Å². The number of halogens is 2. The van der Waals surface area contributed by atoms with Crippen LogP contribution in [0.25, 0.3) is 9.53 Å². The van der Waals surface area contributed by atoms with Crippen LogP contribution in [-0.2, 0) is 9.53 Å². The van der Waals surface area contributed by atoms with Crippen LogP contribution in [0.4, 0.5) is 15.2 Å². The molecule has 0 fully saturated rings. The van der Waals surface area contributed by atoms with Gasteiger partial charge in [0.05, 0.1) is 10.4 Å². The molecular weight excluding hydrogens is 457 g/mol. The number of nitrogens with one attached hydrogen (secondary N) is 1. The van der Waals surface area contributed by atoms with Gasteiger partial charge in [-0.1, -0.05) is 27.3 Å². The van der Waals surface area contributed by atoms with E-state index < -0.39 is 23.8 Å². The fraction of sp³-hybridized carbons (Fsp3) is 0.235. The van der Waals surface area contributed by atoms with Crippen molar-refractivity contribution >= 4 is 70.8 Å². The van der Waals surface area contributed by atoms with Gasteiger partial charge in [-0.15, -0.1) is 11.3 Å². The van der Waals surface area contributed by atoms with Gasteiger partial charge in [0, 0.05) is 18.6 Å². The first-order chi connectivity index (χ1) is 12.7. The van der Waals surface area contributed by atoms with E-state index in [0.717, 1.165) is 14.7 Å². The minimum atomic E-state index is -1.08. The normalized spacial score (nSPS) is 12.0. The molecule has 3 aromatic rings. The molecule has 1 N–H and O–H groups in total. The molecule has 1 amide bonds. The third kappa shape index (κ3) is 4.45. The van der Waals surface area contributed by atoms with Gasteiger partial charge in [-0.2, -0.15) is 0 Å². The first kappa shape index (κ1) is 19.7. The molecule has 0 saturated carbocycles. The number of benzene rings is 1. The second-order valence-electron chi connectivity index (χ2n) is 5.83. The van der Waals surface area contributed by atoms with Crippen LogP contribution in [0.15, 0.2) is 28.7 Å². The number of hydrogen-bond acceptors (Lipinski definition) is 7. The fourth-order valence-electron chi connectivity index (χ4n) is 2.11. The van der Waals surface area contributed by atoms with E-state index in [2.05, 4.69) is 26.2 Å². The van der Waals surface area contributed by atoms with Crippen molar-refractivity contribution in [2.75, 3.05) is 24.3 Å². The Labute approximate surface area is 171 Å². The smallest absolute Gasteiger partial charge is 0.349 e. The van der Waals surface area contributed by atoms with Gasteiger partial charge < -0.3 is 15.0 Å². The maximum absolute atomic E-state index is 13.8. The van der Waals surface area contributed by atoms with Crippen LogP contribution in [0.5, 0.6) is 0 Å². The van der Waals surface area contributed by atoms with E-state index in [9.17, 15) is 14.0 Å². The number of nitrogens with zero attached hydrogens (tertiary/aromatic N) is 2. The number of thiazole rings is 1. The van der Waals surface area contributed by atoms with Gasteiger partial charge in [0.15, 0.2) is 11.2 Å². The molecule has 10 heteroatoms. The van der Waals surface area contributed by atoms with Gasteiger partial charge in [0.1, 0.15) is 15.5 Å². The van der Waals surface area contributed by atoms with Crippen LogP contribution >= 0.6 is 38.6 Å². The predicted molar refractivity (Wildman–Crippen MR) is 109 cm³/mol. The highest BCUT2D eigenvalue weighted by atomic mass is 79.9. The maximum atomic E-state index is 13.8. The quantitative estimate of drug-likeness (QED) is 0.554. The van der Waals surface area contributed by atoms with E-state index >= 15 is 0 Å². The van der Waals surface area contributed by atoms with Gasteiger partial charge in [-0.25, -0.2) is 14.2 Å². The van der Waals surface area contributed by atoms with Crippen LogP contribution in [0.3, 0.4) is 0 Å². The molecule has 0 radical (unpaired) electrons. The van der Waals surface area contributed by atoms with Crippen molar-refractivity contribution in [3.8, 4) is 0 Å². The zero-order chi connectivity index (χ0) is 19.7. The highest BCUT2D eigenvalue weighted by Gasteiger charge is 2.22. The summed E-state index contributed by atoms with van der Waals surface area (Å²) in [5.41, 5.74) is 0.0168. The molecule has 0 aliphatic heterocycles. The topological polar surface area (TPSA) is 71.5 Å². The molecule has 0 spiro atoms. The molecule has 142 valence electrons. The fourth-order valence-corrected chi connectivity index (χ4v) is 4.46. The number of amides is 1. The third-order valence-electron chi connectivity index (χ3n) is 3.50. The molecule has 2 heterocycles. The average Bonchev–Trinajstić information content (AvgIpc) is 3.16. The summed E-state index contributed by atoms with van der Waals surface area (Å²) in [5, 5.41) is 3.26. The van der Waals surface area contributed by atoms with Gasteiger partial charge in [0.2, 0.25) is 0 Å². The Morgan fingerprint density at radius 1 is 1.30 bits per heavy atom.